The molecule has 18 heavy (non-hydrogen) atoms. The third-order valence-corrected chi connectivity index (χ3v) is 3.02. The minimum Gasteiger partial charge on any atom is -0.326 e. The summed E-state index contributed by atoms with van der Waals surface area (Å²) in [6, 6.07) is 2.65. The van der Waals surface area contributed by atoms with Crippen molar-refractivity contribution in [3.8, 4) is 0 Å². The highest BCUT2D eigenvalue weighted by molar-refractivity contribution is 6.29. The van der Waals surface area contributed by atoms with Crippen LogP contribution in [-0.4, -0.2) is 27.9 Å². The predicted molar refractivity (Wildman–Crippen MR) is 67.0 cm³/mol. The number of hydrogen-bond acceptors (Lipinski definition) is 3. The summed E-state index contributed by atoms with van der Waals surface area (Å²) in [6.07, 6.45) is 3.07. The molecular formula is C12H14ClN3O2. The van der Waals surface area contributed by atoms with Gasteiger partial charge in [-0.2, -0.15) is 0 Å². The van der Waals surface area contributed by atoms with Crippen molar-refractivity contribution in [3.63, 3.8) is 0 Å². The van der Waals surface area contributed by atoms with Gasteiger partial charge in [0, 0.05) is 6.20 Å². The molecular weight excluding hydrogens is 254 g/mol. The number of urea groups is 1. The molecule has 1 unspecified atom stereocenters. The second kappa shape index (κ2) is 5.35. The number of hydrogen-bond donors (Lipinski definition) is 1. The number of imide groups is 1. The normalized spacial score (nSPS) is 19.2. The lowest BCUT2D eigenvalue weighted by Gasteiger charge is -2.12. The van der Waals surface area contributed by atoms with Gasteiger partial charge in [0.05, 0.1) is 6.54 Å². The van der Waals surface area contributed by atoms with Crippen LogP contribution < -0.4 is 5.32 Å². The summed E-state index contributed by atoms with van der Waals surface area (Å²) in [5.74, 6) is -0.171. The molecule has 0 aromatic carbocycles. The van der Waals surface area contributed by atoms with Gasteiger partial charge < -0.3 is 5.32 Å². The third-order valence-electron chi connectivity index (χ3n) is 2.82. The van der Waals surface area contributed by atoms with E-state index in [0.29, 0.717) is 11.6 Å². The van der Waals surface area contributed by atoms with Gasteiger partial charge in [0.25, 0.3) is 5.91 Å². The molecule has 5 nitrogen and oxygen atoms in total. The monoisotopic (exact) mass is 267 g/mol. The molecule has 1 aromatic heterocycles. The molecule has 0 aliphatic carbocycles. The van der Waals surface area contributed by atoms with E-state index in [-0.39, 0.29) is 24.5 Å². The van der Waals surface area contributed by atoms with Crippen molar-refractivity contribution in [2.75, 3.05) is 0 Å². The fourth-order valence-electron chi connectivity index (χ4n) is 1.93. The largest absolute Gasteiger partial charge is 0.326 e. The molecule has 3 amide bonds. The number of nitrogens with one attached hydrogen (secondary N) is 1. The van der Waals surface area contributed by atoms with Gasteiger partial charge in [-0.3, -0.25) is 9.69 Å². The van der Waals surface area contributed by atoms with Gasteiger partial charge in [-0.25, -0.2) is 9.78 Å². The van der Waals surface area contributed by atoms with E-state index in [1.54, 1.807) is 18.3 Å². The summed E-state index contributed by atoms with van der Waals surface area (Å²) in [5, 5.41) is 3.03. The van der Waals surface area contributed by atoms with Crippen molar-refractivity contribution in [1.82, 2.24) is 15.2 Å². The second-order valence-corrected chi connectivity index (χ2v) is 4.59. The summed E-state index contributed by atoms with van der Waals surface area (Å²) in [4.78, 5) is 28.8. The van der Waals surface area contributed by atoms with E-state index in [1.807, 2.05) is 6.92 Å². The van der Waals surface area contributed by atoms with E-state index in [1.165, 1.54) is 4.90 Å². The Hall–Kier alpha value is -1.62. The molecule has 0 radical (unpaired) electrons. The van der Waals surface area contributed by atoms with Crippen LogP contribution in [-0.2, 0) is 11.3 Å². The van der Waals surface area contributed by atoms with Crippen LogP contribution in [0.3, 0.4) is 0 Å². The molecule has 0 spiro atoms. The fraction of sp³-hybridized carbons (Fsp3) is 0.417. The third kappa shape index (κ3) is 2.61. The zero-order chi connectivity index (χ0) is 13.1. The maximum Gasteiger partial charge on any atom is 0.325 e. The number of carbonyl (C=O) groups excluding carboxylic acids is 2. The number of halogens is 1. The number of aromatic nitrogens is 1. The average Bonchev–Trinajstić information content (AvgIpc) is 2.58. The van der Waals surface area contributed by atoms with Gasteiger partial charge in [0.1, 0.15) is 11.2 Å². The van der Waals surface area contributed by atoms with E-state index >= 15 is 0 Å². The number of amides is 3. The molecule has 96 valence electrons. The van der Waals surface area contributed by atoms with Gasteiger partial charge in [-0.05, 0) is 24.1 Å². The molecule has 0 saturated carbocycles. The maximum absolute atomic E-state index is 12.0. The first kappa shape index (κ1) is 12.8. The average molecular weight is 268 g/mol. The smallest absolute Gasteiger partial charge is 0.325 e. The highest BCUT2D eigenvalue weighted by Crippen LogP contribution is 2.16. The summed E-state index contributed by atoms with van der Waals surface area (Å²) in [5.41, 5.74) is 0.788. The lowest BCUT2D eigenvalue weighted by molar-refractivity contribution is -0.128. The van der Waals surface area contributed by atoms with Gasteiger partial charge in [-0.15, -0.1) is 0 Å². The molecule has 1 fully saturated rings. The SMILES string of the molecule is CCCC1NC(=O)N(Cc2ccnc(Cl)c2)C1=O. The molecule has 2 heterocycles. The Morgan fingerprint density at radius 3 is 2.94 bits per heavy atom. The summed E-state index contributed by atoms with van der Waals surface area (Å²) in [7, 11) is 0. The first-order chi connectivity index (χ1) is 8.61. The van der Waals surface area contributed by atoms with Crippen LogP contribution >= 0.6 is 11.6 Å². The Bertz CT molecular complexity index is 478. The van der Waals surface area contributed by atoms with Crippen molar-refractivity contribution in [1.29, 1.82) is 0 Å². The van der Waals surface area contributed by atoms with Gasteiger partial charge in [-0.1, -0.05) is 24.9 Å². The Morgan fingerprint density at radius 1 is 1.50 bits per heavy atom. The lowest BCUT2D eigenvalue weighted by atomic mass is 10.1. The standard InChI is InChI=1S/C12H14ClN3O2/c1-2-3-9-11(17)16(12(18)15-9)7-8-4-5-14-10(13)6-8/h4-6,9H,2-3,7H2,1H3,(H,15,18). The van der Waals surface area contributed by atoms with E-state index < -0.39 is 0 Å². The van der Waals surface area contributed by atoms with E-state index in [4.69, 9.17) is 11.6 Å². The number of carbonyl (C=O) groups is 2. The number of rotatable bonds is 4. The summed E-state index contributed by atoms with van der Waals surface area (Å²) < 4.78 is 0. The predicted octanol–water partition coefficient (Wildman–Crippen LogP) is 1.96. The topological polar surface area (TPSA) is 62.3 Å². The van der Waals surface area contributed by atoms with Crippen LogP contribution in [0.4, 0.5) is 4.79 Å². The van der Waals surface area contributed by atoms with Crippen LogP contribution in [0.25, 0.3) is 0 Å². The van der Waals surface area contributed by atoms with Crippen molar-refractivity contribution in [3.05, 3.63) is 29.0 Å². The molecule has 1 aliphatic rings. The second-order valence-electron chi connectivity index (χ2n) is 4.20. The Morgan fingerprint density at radius 2 is 2.28 bits per heavy atom. The van der Waals surface area contributed by atoms with Crippen molar-refractivity contribution in [2.24, 2.45) is 0 Å². The maximum atomic E-state index is 12.0. The van der Waals surface area contributed by atoms with Crippen LogP contribution in [0, 0.1) is 0 Å². The first-order valence-corrected chi connectivity index (χ1v) is 6.22. The van der Waals surface area contributed by atoms with Gasteiger partial charge >= 0.3 is 6.03 Å². The van der Waals surface area contributed by atoms with E-state index in [2.05, 4.69) is 10.3 Å². The summed E-state index contributed by atoms with van der Waals surface area (Å²) in [6.45, 7) is 2.21. The molecule has 6 heteroatoms. The Balaban J connectivity index is 2.10. The van der Waals surface area contributed by atoms with Crippen LogP contribution in [0.15, 0.2) is 18.3 Å². The summed E-state index contributed by atoms with van der Waals surface area (Å²) >= 11 is 5.77. The van der Waals surface area contributed by atoms with Crippen molar-refractivity contribution in [2.45, 2.75) is 32.4 Å². The minimum absolute atomic E-state index is 0.171. The highest BCUT2D eigenvalue weighted by Gasteiger charge is 2.36. The molecule has 1 saturated heterocycles. The van der Waals surface area contributed by atoms with Crippen LogP contribution in [0.2, 0.25) is 5.15 Å². The molecule has 1 N–H and O–H groups in total. The number of nitrogens with zero attached hydrogens (tertiary/aromatic N) is 2. The van der Waals surface area contributed by atoms with Crippen molar-refractivity contribution < 1.29 is 9.59 Å². The Kier molecular flexibility index (Phi) is 3.81. The molecule has 1 aliphatic heterocycles. The van der Waals surface area contributed by atoms with Crippen LogP contribution in [0.5, 0.6) is 0 Å². The highest BCUT2D eigenvalue weighted by atomic mass is 35.5. The first-order valence-electron chi connectivity index (χ1n) is 5.84. The van der Waals surface area contributed by atoms with E-state index in [9.17, 15) is 9.59 Å². The molecule has 1 atom stereocenters. The van der Waals surface area contributed by atoms with Crippen molar-refractivity contribution >= 4 is 23.5 Å². The fourth-order valence-corrected chi connectivity index (χ4v) is 2.13. The quantitative estimate of drug-likeness (QED) is 0.670. The van der Waals surface area contributed by atoms with Crippen LogP contribution in [0.1, 0.15) is 25.3 Å². The number of pyridine rings is 1. The molecule has 2 rings (SSSR count). The zero-order valence-electron chi connectivity index (χ0n) is 10.0. The van der Waals surface area contributed by atoms with Gasteiger partial charge in [0.15, 0.2) is 0 Å². The van der Waals surface area contributed by atoms with E-state index in [0.717, 1.165) is 12.0 Å². The van der Waals surface area contributed by atoms with Gasteiger partial charge in [0.2, 0.25) is 0 Å². The molecule has 0 bridgehead atoms. The molecule has 1 aromatic rings. The minimum atomic E-state index is -0.389. The Labute approximate surface area is 110 Å². The lowest BCUT2D eigenvalue weighted by Crippen LogP contribution is -2.30. The zero-order valence-corrected chi connectivity index (χ0v) is 10.8.